The molecule has 2 heterocycles. The summed E-state index contributed by atoms with van der Waals surface area (Å²) in [7, 11) is 1.30. The molecule has 0 saturated carbocycles. The van der Waals surface area contributed by atoms with Crippen LogP contribution in [-0.2, 0) is 4.74 Å². The van der Waals surface area contributed by atoms with Gasteiger partial charge in [-0.05, 0) is 28.1 Å². The van der Waals surface area contributed by atoms with Crippen LogP contribution in [0, 0.1) is 0 Å². The van der Waals surface area contributed by atoms with E-state index in [0.29, 0.717) is 15.4 Å². The van der Waals surface area contributed by atoms with Gasteiger partial charge in [-0.3, -0.25) is 0 Å². The van der Waals surface area contributed by atoms with Crippen molar-refractivity contribution < 1.29 is 9.53 Å². The van der Waals surface area contributed by atoms with Gasteiger partial charge in [-0.1, -0.05) is 11.6 Å². The molecular formula is C10H7BrClN3O2. The molecule has 0 amide bonds. The van der Waals surface area contributed by atoms with Crippen molar-refractivity contribution in [3.05, 3.63) is 39.7 Å². The van der Waals surface area contributed by atoms with Gasteiger partial charge in [0.05, 0.1) is 12.1 Å². The summed E-state index contributed by atoms with van der Waals surface area (Å²) in [5.41, 5.74) is 0.250. The summed E-state index contributed by atoms with van der Waals surface area (Å²) in [5.74, 6) is -0.134. The molecule has 2 rings (SSSR count). The van der Waals surface area contributed by atoms with Gasteiger partial charge in [-0.2, -0.15) is 5.10 Å². The summed E-state index contributed by atoms with van der Waals surface area (Å²) < 4.78 is 6.49. The molecule has 17 heavy (non-hydrogen) atoms. The zero-order valence-corrected chi connectivity index (χ0v) is 11.1. The SMILES string of the molecule is COC(=O)c1cc(Br)nn1-c1ncccc1Cl. The van der Waals surface area contributed by atoms with E-state index in [-0.39, 0.29) is 5.69 Å². The topological polar surface area (TPSA) is 57.0 Å². The Kier molecular flexibility index (Phi) is 3.44. The average molecular weight is 317 g/mol. The Morgan fingerprint density at radius 2 is 2.35 bits per heavy atom. The Bertz CT molecular complexity index is 570. The fraction of sp³-hybridized carbons (Fsp3) is 0.100. The first-order chi connectivity index (χ1) is 8.13. The number of carbonyl (C=O) groups is 1. The van der Waals surface area contributed by atoms with Gasteiger partial charge in [0.25, 0.3) is 0 Å². The van der Waals surface area contributed by atoms with E-state index >= 15 is 0 Å². The number of carbonyl (C=O) groups excluding carboxylic acids is 1. The van der Waals surface area contributed by atoms with Crippen LogP contribution >= 0.6 is 27.5 Å². The first kappa shape index (κ1) is 12.1. The van der Waals surface area contributed by atoms with E-state index in [1.165, 1.54) is 17.9 Å². The van der Waals surface area contributed by atoms with Gasteiger partial charge in [-0.15, -0.1) is 0 Å². The standard InChI is InChI=1S/C10H7BrClN3O2/c1-17-10(16)7-5-8(11)14-15(7)9-6(12)3-2-4-13-9/h2-5H,1H3. The quantitative estimate of drug-likeness (QED) is 0.799. The fourth-order valence-corrected chi connectivity index (χ4v) is 1.87. The Balaban J connectivity index is 2.60. The molecule has 0 aliphatic heterocycles. The number of ether oxygens (including phenoxy) is 1. The molecule has 0 N–H and O–H groups in total. The molecule has 0 saturated heterocycles. The lowest BCUT2D eigenvalue weighted by Gasteiger charge is -2.05. The van der Waals surface area contributed by atoms with Gasteiger partial charge in [0.1, 0.15) is 4.60 Å². The lowest BCUT2D eigenvalue weighted by molar-refractivity contribution is 0.0590. The van der Waals surface area contributed by atoms with Gasteiger partial charge < -0.3 is 4.74 Å². The van der Waals surface area contributed by atoms with Gasteiger partial charge >= 0.3 is 5.97 Å². The second kappa shape index (κ2) is 4.85. The highest BCUT2D eigenvalue weighted by Gasteiger charge is 2.18. The Labute approximate surface area is 110 Å². The summed E-state index contributed by atoms with van der Waals surface area (Å²) in [5, 5.41) is 4.49. The van der Waals surface area contributed by atoms with Crippen molar-refractivity contribution in [3.63, 3.8) is 0 Å². The molecule has 0 radical (unpaired) electrons. The summed E-state index contributed by atoms with van der Waals surface area (Å²) in [6.45, 7) is 0. The van der Waals surface area contributed by atoms with Crippen LogP contribution in [0.15, 0.2) is 29.0 Å². The number of pyridine rings is 1. The van der Waals surface area contributed by atoms with Crippen LogP contribution in [-0.4, -0.2) is 27.8 Å². The first-order valence-electron chi connectivity index (χ1n) is 4.58. The summed E-state index contributed by atoms with van der Waals surface area (Å²) in [6, 6.07) is 4.90. The normalized spacial score (nSPS) is 10.3. The summed E-state index contributed by atoms with van der Waals surface area (Å²) in [6.07, 6.45) is 1.57. The van der Waals surface area contributed by atoms with Crippen molar-refractivity contribution in [3.8, 4) is 5.82 Å². The first-order valence-corrected chi connectivity index (χ1v) is 5.75. The minimum Gasteiger partial charge on any atom is -0.464 e. The van der Waals surface area contributed by atoms with Crippen molar-refractivity contribution in [2.24, 2.45) is 0 Å². The Morgan fingerprint density at radius 3 is 3.00 bits per heavy atom. The minimum atomic E-state index is -0.509. The maximum absolute atomic E-state index is 11.6. The predicted molar refractivity (Wildman–Crippen MR) is 65.4 cm³/mol. The Morgan fingerprint density at radius 1 is 1.59 bits per heavy atom. The molecule has 2 aromatic heterocycles. The highest BCUT2D eigenvalue weighted by molar-refractivity contribution is 9.10. The summed E-state index contributed by atoms with van der Waals surface area (Å²) >= 11 is 9.19. The smallest absolute Gasteiger partial charge is 0.356 e. The van der Waals surface area contributed by atoms with Crippen molar-refractivity contribution in [1.29, 1.82) is 0 Å². The van der Waals surface area contributed by atoms with Gasteiger partial charge in [-0.25, -0.2) is 14.5 Å². The van der Waals surface area contributed by atoms with Crippen LogP contribution in [0.2, 0.25) is 5.02 Å². The summed E-state index contributed by atoms with van der Waals surface area (Å²) in [4.78, 5) is 15.6. The van der Waals surface area contributed by atoms with Crippen LogP contribution in [0.3, 0.4) is 0 Å². The van der Waals surface area contributed by atoms with E-state index in [2.05, 4.69) is 30.7 Å². The van der Waals surface area contributed by atoms with E-state index in [1.54, 1.807) is 18.3 Å². The van der Waals surface area contributed by atoms with E-state index in [9.17, 15) is 4.79 Å². The highest BCUT2D eigenvalue weighted by atomic mass is 79.9. The second-order valence-electron chi connectivity index (χ2n) is 3.06. The number of rotatable bonds is 2. The zero-order chi connectivity index (χ0) is 12.4. The molecule has 0 aliphatic carbocycles. The number of hydrogen-bond donors (Lipinski definition) is 0. The molecule has 5 nitrogen and oxygen atoms in total. The molecule has 2 aromatic rings. The van der Waals surface area contributed by atoms with E-state index in [1.807, 2.05) is 0 Å². The molecule has 0 atom stereocenters. The monoisotopic (exact) mass is 315 g/mol. The third kappa shape index (κ3) is 2.32. The van der Waals surface area contributed by atoms with Crippen molar-refractivity contribution >= 4 is 33.5 Å². The van der Waals surface area contributed by atoms with Crippen LogP contribution in [0.1, 0.15) is 10.5 Å². The third-order valence-corrected chi connectivity index (χ3v) is 2.70. The van der Waals surface area contributed by atoms with Gasteiger partial charge in [0.15, 0.2) is 11.5 Å². The van der Waals surface area contributed by atoms with E-state index < -0.39 is 5.97 Å². The van der Waals surface area contributed by atoms with Crippen molar-refractivity contribution in [2.75, 3.05) is 7.11 Å². The molecule has 0 aromatic carbocycles. The third-order valence-electron chi connectivity index (χ3n) is 2.01. The molecular weight excluding hydrogens is 309 g/mol. The lowest BCUT2D eigenvalue weighted by atomic mass is 10.4. The van der Waals surface area contributed by atoms with Gasteiger partial charge in [0, 0.05) is 12.3 Å². The van der Waals surface area contributed by atoms with E-state index in [4.69, 9.17) is 11.6 Å². The molecule has 0 spiro atoms. The van der Waals surface area contributed by atoms with Crippen LogP contribution < -0.4 is 0 Å². The van der Waals surface area contributed by atoms with Crippen molar-refractivity contribution in [1.82, 2.24) is 14.8 Å². The van der Waals surface area contributed by atoms with Gasteiger partial charge in [0.2, 0.25) is 0 Å². The zero-order valence-electron chi connectivity index (χ0n) is 8.72. The molecule has 7 heteroatoms. The van der Waals surface area contributed by atoms with Crippen LogP contribution in [0.4, 0.5) is 0 Å². The molecule has 0 bridgehead atoms. The van der Waals surface area contributed by atoms with Crippen molar-refractivity contribution in [2.45, 2.75) is 0 Å². The molecule has 0 aliphatic rings. The predicted octanol–water partition coefficient (Wildman–Crippen LogP) is 2.47. The fourth-order valence-electron chi connectivity index (χ4n) is 1.30. The largest absolute Gasteiger partial charge is 0.464 e. The number of halogens is 2. The number of esters is 1. The highest BCUT2D eigenvalue weighted by Crippen LogP contribution is 2.21. The number of nitrogens with zero attached hydrogens (tertiary/aromatic N) is 3. The number of methoxy groups -OCH3 is 1. The minimum absolute atomic E-state index is 0.250. The molecule has 88 valence electrons. The maximum atomic E-state index is 11.6. The number of hydrogen-bond acceptors (Lipinski definition) is 4. The van der Waals surface area contributed by atoms with Crippen LogP contribution in [0.25, 0.3) is 5.82 Å². The lowest BCUT2D eigenvalue weighted by Crippen LogP contribution is -2.11. The average Bonchev–Trinajstić information content (AvgIpc) is 2.71. The van der Waals surface area contributed by atoms with Crippen LogP contribution in [0.5, 0.6) is 0 Å². The maximum Gasteiger partial charge on any atom is 0.356 e. The Hall–Kier alpha value is -1.40. The van der Waals surface area contributed by atoms with E-state index in [0.717, 1.165) is 0 Å². The number of aromatic nitrogens is 3. The second-order valence-corrected chi connectivity index (χ2v) is 4.28. The molecule has 0 fully saturated rings. The molecule has 0 unspecified atom stereocenters.